The number of carbonyl (C=O) groups excluding carboxylic acids is 2. The Morgan fingerprint density at radius 1 is 1.00 bits per heavy atom. The summed E-state index contributed by atoms with van der Waals surface area (Å²) < 4.78 is 26.4. The van der Waals surface area contributed by atoms with Crippen LogP contribution in [0.3, 0.4) is 0 Å². The number of nitrogens with one attached hydrogen (secondary N) is 1. The largest absolute Gasteiger partial charge is 0.465 e. The lowest BCUT2D eigenvalue weighted by molar-refractivity contribution is 0.0651. The Kier molecular flexibility index (Phi) is 7.09. The second-order valence-electron chi connectivity index (χ2n) is 7.66. The van der Waals surface area contributed by atoms with E-state index in [1.54, 1.807) is 24.3 Å². The number of fused-ring (bicyclic) bond motifs is 1. The van der Waals surface area contributed by atoms with Gasteiger partial charge in [-0.3, -0.25) is 14.5 Å². The van der Waals surface area contributed by atoms with Crippen LogP contribution < -0.4 is 5.32 Å². The Labute approximate surface area is 176 Å². The molecule has 2 N–H and O–H groups in total. The third kappa shape index (κ3) is 5.17. The Bertz CT molecular complexity index is 874. The van der Waals surface area contributed by atoms with Crippen LogP contribution in [0.5, 0.6) is 0 Å². The molecule has 0 radical (unpaired) electrons. The molecular formula is C20H27N3O6S. The molecule has 0 spiro atoms. The average molecular weight is 438 g/mol. The zero-order valence-electron chi connectivity index (χ0n) is 16.7. The van der Waals surface area contributed by atoms with Gasteiger partial charge in [-0.2, -0.15) is 0 Å². The van der Waals surface area contributed by atoms with E-state index < -0.39 is 16.1 Å². The summed E-state index contributed by atoms with van der Waals surface area (Å²) in [5.41, 5.74) is 0.881. The molecule has 9 nitrogen and oxygen atoms in total. The minimum atomic E-state index is -3.35. The first-order valence-corrected chi connectivity index (χ1v) is 11.8. The quantitative estimate of drug-likeness (QED) is 0.449. The standard InChI is InChI=1S/C20H27N3O6S/c24-18-16-7-3-4-8-17(16)19(25)23(18)11-5-1-2-6-14-30(28,29)22-12-9-15(10-13-22)21-20(26)27/h3-4,7-8,15,21H,1-2,5-6,9-14H2,(H,26,27). The van der Waals surface area contributed by atoms with Gasteiger partial charge in [-0.05, 0) is 37.8 Å². The molecular weight excluding hydrogens is 410 g/mol. The molecule has 0 aromatic heterocycles. The summed E-state index contributed by atoms with van der Waals surface area (Å²) in [6.07, 6.45) is 2.44. The average Bonchev–Trinajstić information content (AvgIpc) is 2.95. The number of carboxylic acid groups (broad SMARTS) is 1. The highest BCUT2D eigenvalue weighted by atomic mass is 32.2. The van der Waals surface area contributed by atoms with Crippen LogP contribution in [0, 0.1) is 0 Å². The maximum absolute atomic E-state index is 12.5. The molecule has 1 aromatic carbocycles. The van der Waals surface area contributed by atoms with Gasteiger partial charge in [-0.1, -0.05) is 25.0 Å². The number of hydrogen-bond acceptors (Lipinski definition) is 5. The van der Waals surface area contributed by atoms with E-state index in [9.17, 15) is 22.8 Å². The second-order valence-corrected chi connectivity index (χ2v) is 9.75. The van der Waals surface area contributed by atoms with Crippen molar-refractivity contribution in [1.29, 1.82) is 0 Å². The molecule has 10 heteroatoms. The van der Waals surface area contributed by atoms with Crippen molar-refractivity contribution < 1.29 is 27.9 Å². The first-order valence-electron chi connectivity index (χ1n) is 10.2. The molecule has 3 rings (SSSR count). The lowest BCUT2D eigenvalue weighted by atomic mass is 10.1. The van der Waals surface area contributed by atoms with Gasteiger partial charge in [0.1, 0.15) is 0 Å². The van der Waals surface area contributed by atoms with E-state index in [4.69, 9.17) is 5.11 Å². The Hall–Kier alpha value is -2.46. The molecule has 1 fully saturated rings. The number of carbonyl (C=O) groups is 3. The topological polar surface area (TPSA) is 124 Å². The van der Waals surface area contributed by atoms with Crippen LogP contribution in [0.1, 0.15) is 59.2 Å². The highest BCUT2D eigenvalue weighted by Crippen LogP contribution is 2.23. The van der Waals surface area contributed by atoms with E-state index in [1.807, 2.05) is 0 Å². The Morgan fingerprint density at radius 2 is 1.57 bits per heavy atom. The fourth-order valence-electron chi connectivity index (χ4n) is 3.93. The van der Waals surface area contributed by atoms with Crippen LogP contribution in [-0.2, 0) is 10.0 Å². The van der Waals surface area contributed by atoms with Gasteiger partial charge in [0.2, 0.25) is 10.0 Å². The predicted molar refractivity (Wildman–Crippen MR) is 110 cm³/mol. The second kappa shape index (κ2) is 9.57. The number of benzene rings is 1. The van der Waals surface area contributed by atoms with Gasteiger partial charge in [0.05, 0.1) is 16.9 Å². The molecule has 0 aliphatic carbocycles. The van der Waals surface area contributed by atoms with Crippen LogP contribution >= 0.6 is 0 Å². The van der Waals surface area contributed by atoms with Crippen LogP contribution in [0.4, 0.5) is 4.79 Å². The van der Waals surface area contributed by atoms with E-state index in [0.717, 1.165) is 6.42 Å². The third-order valence-corrected chi connectivity index (χ3v) is 7.54. The summed E-state index contributed by atoms with van der Waals surface area (Å²) in [4.78, 5) is 36.5. The molecule has 164 valence electrons. The van der Waals surface area contributed by atoms with E-state index in [-0.39, 0.29) is 23.6 Å². The van der Waals surface area contributed by atoms with E-state index >= 15 is 0 Å². The molecule has 0 bridgehead atoms. The van der Waals surface area contributed by atoms with Gasteiger partial charge in [0.15, 0.2) is 0 Å². The molecule has 2 heterocycles. The normalized spacial score (nSPS) is 17.9. The lowest BCUT2D eigenvalue weighted by Crippen LogP contribution is -2.46. The third-order valence-electron chi connectivity index (χ3n) is 5.59. The smallest absolute Gasteiger partial charge is 0.404 e. The summed E-state index contributed by atoms with van der Waals surface area (Å²) in [6, 6.07) is 6.58. The fraction of sp³-hybridized carbons (Fsp3) is 0.550. The Balaban J connectivity index is 1.34. The van der Waals surface area contributed by atoms with Crippen molar-refractivity contribution in [3.63, 3.8) is 0 Å². The summed E-state index contributed by atoms with van der Waals surface area (Å²) in [6.45, 7) is 0.989. The number of amides is 3. The maximum Gasteiger partial charge on any atom is 0.404 e. The SMILES string of the molecule is O=C(O)NC1CCN(S(=O)(=O)CCCCCCN2C(=O)c3ccccc3C2=O)CC1. The highest BCUT2D eigenvalue weighted by molar-refractivity contribution is 7.89. The molecule has 1 saturated heterocycles. The number of rotatable bonds is 9. The number of nitrogens with zero attached hydrogens (tertiary/aromatic N) is 2. The minimum Gasteiger partial charge on any atom is -0.465 e. The molecule has 0 unspecified atom stereocenters. The Morgan fingerprint density at radius 3 is 2.13 bits per heavy atom. The van der Waals surface area contributed by atoms with Crippen molar-refractivity contribution in [2.45, 2.75) is 44.6 Å². The van der Waals surface area contributed by atoms with Crippen LogP contribution in [0.15, 0.2) is 24.3 Å². The lowest BCUT2D eigenvalue weighted by Gasteiger charge is -2.31. The summed E-state index contributed by atoms with van der Waals surface area (Å²) in [5.74, 6) is -0.477. The summed E-state index contributed by atoms with van der Waals surface area (Å²) in [7, 11) is -3.35. The van der Waals surface area contributed by atoms with Crippen molar-refractivity contribution in [2.75, 3.05) is 25.4 Å². The molecule has 2 aliphatic rings. The number of piperidine rings is 1. The van der Waals surface area contributed by atoms with Crippen molar-refractivity contribution in [3.8, 4) is 0 Å². The van der Waals surface area contributed by atoms with Crippen molar-refractivity contribution in [3.05, 3.63) is 35.4 Å². The molecule has 3 amide bonds. The highest BCUT2D eigenvalue weighted by Gasteiger charge is 2.34. The van der Waals surface area contributed by atoms with E-state index in [0.29, 0.717) is 62.9 Å². The van der Waals surface area contributed by atoms with Gasteiger partial charge in [0.25, 0.3) is 11.8 Å². The first kappa shape index (κ1) is 22.2. The van der Waals surface area contributed by atoms with Gasteiger partial charge >= 0.3 is 6.09 Å². The summed E-state index contributed by atoms with van der Waals surface area (Å²) >= 11 is 0. The monoisotopic (exact) mass is 437 g/mol. The molecule has 0 saturated carbocycles. The maximum atomic E-state index is 12.5. The number of hydrogen-bond donors (Lipinski definition) is 2. The van der Waals surface area contributed by atoms with Crippen molar-refractivity contribution in [2.24, 2.45) is 0 Å². The first-order chi connectivity index (χ1) is 14.3. The van der Waals surface area contributed by atoms with E-state index in [2.05, 4.69) is 5.32 Å². The molecule has 0 atom stereocenters. The van der Waals surface area contributed by atoms with Crippen LogP contribution in [0.25, 0.3) is 0 Å². The molecule has 30 heavy (non-hydrogen) atoms. The van der Waals surface area contributed by atoms with Gasteiger partial charge in [-0.25, -0.2) is 17.5 Å². The van der Waals surface area contributed by atoms with Gasteiger partial charge in [0, 0.05) is 25.7 Å². The van der Waals surface area contributed by atoms with Gasteiger partial charge < -0.3 is 10.4 Å². The minimum absolute atomic E-state index is 0.0526. The number of sulfonamides is 1. The molecule has 1 aromatic rings. The summed E-state index contributed by atoms with van der Waals surface area (Å²) in [5, 5.41) is 11.1. The zero-order chi connectivity index (χ0) is 21.7. The predicted octanol–water partition coefficient (Wildman–Crippen LogP) is 1.90. The van der Waals surface area contributed by atoms with Gasteiger partial charge in [-0.15, -0.1) is 0 Å². The van der Waals surface area contributed by atoms with Crippen LogP contribution in [0.2, 0.25) is 0 Å². The molecule has 2 aliphatic heterocycles. The van der Waals surface area contributed by atoms with E-state index in [1.165, 1.54) is 9.21 Å². The van der Waals surface area contributed by atoms with Crippen LogP contribution in [-0.4, -0.2) is 72.1 Å². The van der Waals surface area contributed by atoms with Crippen molar-refractivity contribution >= 4 is 27.9 Å². The fourth-order valence-corrected chi connectivity index (χ4v) is 5.53. The van der Waals surface area contributed by atoms with Crippen molar-refractivity contribution in [1.82, 2.24) is 14.5 Å². The number of imide groups is 1. The zero-order valence-corrected chi connectivity index (χ0v) is 17.6. The number of unbranched alkanes of at least 4 members (excludes halogenated alkanes) is 3.